The molecule has 0 saturated heterocycles. The Morgan fingerprint density at radius 2 is 2.00 bits per heavy atom. The van der Waals surface area contributed by atoms with Gasteiger partial charge in [0.05, 0.1) is 13.3 Å². The number of rotatable bonds is 5. The molecule has 98 valence electrons. The second-order valence-electron chi connectivity index (χ2n) is 4.19. The van der Waals surface area contributed by atoms with Crippen LogP contribution in [0.3, 0.4) is 0 Å². The van der Waals surface area contributed by atoms with Gasteiger partial charge in [0.1, 0.15) is 5.75 Å². The number of carbonyl (C=O) groups excluding carboxylic acids is 1. The molecule has 0 radical (unpaired) electrons. The maximum absolute atomic E-state index is 12.2. The van der Waals surface area contributed by atoms with Gasteiger partial charge in [0, 0.05) is 24.7 Å². The van der Waals surface area contributed by atoms with Crippen molar-refractivity contribution in [2.45, 2.75) is 13.0 Å². The van der Waals surface area contributed by atoms with E-state index in [9.17, 15) is 4.79 Å². The van der Waals surface area contributed by atoms with Crippen molar-refractivity contribution >= 4 is 5.78 Å². The first-order valence-electron chi connectivity index (χ1n) is 6.03. The average Bonchev–Trinajstić information content (AvgIpc) is 2.47. The van der Waals surface area contributed by atoms with Gasteiger partial charge in [0.2, 0.25) is 0 Å². The Hall–Kier alpha value is -2.20. The quantitative estimate of drug-likeness (QED) is 0.831. The fourth-order valence-electron chi connectivity index (χ4n) is 1.89. The summed E-state index contributed by atoms with van der Waals surface area (Å²) in [5.41, 5.74) is 8.16. The number of ether oxygens (including phenoxy) is 1. The first kappa shape index (κ1) is 13.2. The monoisotopic (exact) mass is 256 g/mol. The normalized spacial score (nSPS) is 10.2. The largest absolute Gasteiger partial charge is 0.495 e. The van der Waals surface area contributed by atoms with Gasteiger partial charge in [0.15, 0.2) is 5.78 Å². The SMILES string of the molecule is COc1cncc(C(=O)Cc2ccccc2CN)c1. The molecule has 1 aromatic heterocycles. The molecule has 0 bridgehead atoms. The van der Waals surface area contributed by atoms with Crippen LogP contribution >= 0.6 is 0 Å². The molecule has 0 amide bonds. The van der Waals surface area contributed by atoms with Crippen LogP contribution in [0, 0.1) is 0 Å². The van der Waals surface area contributed by atoms with Crippen molar-refractivity contribution < 1.29 is 9.53 Å². The minimum absolute atomic E-state index is 0.00676. The number of nitrogens with zero attached hydrogens (tertiary/aromatic N) is 1. The predicted octanol–water partition coefficient (Wildman–Crippen LogP) is 1.97. The summed E-state index contributed by atoms with van der Waals surface area (Å²) in [6, 6.07) is 9.38. The number of nitrogens with two attached hydrogens (primary N) is 1. The molecular formula is C15H16N2O2. The van der Waals surface area contributed by atoms with Crippen molar-refractivity contribution in [3.8, 4) is 5.75 Å². The minimum atomic E-state index is 0.00676. The van der Waals surface area contributed by atoms with Crippen LogP contribution in [-0.2, 0) is 13.0 Å². The summed E-state index contributed by atoms with van der Waals surface area (Å²) in [7, 11) is 1.55. The topological polar surface area (TPSA) is 65.2 Å². The molecule has 0 atom stereocenters. The van der Waals surface area contributed by atoms with E-state index in [-0.39, 0.29) is 5.78 Å². The molecule has 0 fully saturated rings. The van der Waals surface area contributed by atoms with Crippen molar-refractivity contribution in [3.05, 3.63) is 59.4 Å². The molecule has 0 aliphatic rings. The van der Waals surface area contributed by atoms with E-state index >= 15 is 0 Å². The fraction of sp³-hybridized carbons (Fsp3) is 0.200. The maximum atomic E-state index is 12.2. The zero-order valence-electron chi connectivity index (χ0n) is 10.8. The van der Waals surface area contributed by atoms with Gasteiger partial charge in [-0.1, -0.05) is 24.3 Å². The third kappa shape index (κ3) is 3.17. The number of carbonyl (C=O) groups is 1. The summed E-state index contributed by atoms with van der Waals surface area (Å²) in [6.45, 7) is 0.430. The molecule has 1 aromatic carbocycles. The summed E-state index contributed by atoms with van der Waals surface area (Å²) >= 11 is 0. The molecule has 0 aliphatic carbocycles. The highest BCUT2D eigenvalue weighted by Crippen LogP contribution is 2.15. The van der Waals surface area contributed by atoms with Crippen molar-refractivity contribution in [2.24, 2.45) is 5.73 Å². The summed E-state index contributed by atoms with van der Waals surface area (Å²) in [5, 5.41) is 0. The highest BCUT2D eigenvalue weighted by Gasteiger charge is 2.10. The fourth-order valence-corrected chi connectivity index (χ4v) is 1.89. The zero-order chi connectivity index (χ0) is 13.7. The Balaban J connectivity index is 2.20. The van der Waals surface area contributed by atoms with Crippen LogP contribution in [0.25, 0.3) is 0 Å². The van der Waals surface area contributed by atoms with Crippen molar-refractivity contribution in [3.63, 3.8) is 0 Å². The molecule has 1 heterocycles. The molecule has 0 aliphatic heterocycles. The van der Waals surface area contributed by atoms with Crippen LogP contribution in [0.4, 0.5) is 0 Å². The van der Waals surface area contributed by atoms with Gasteiger partial charge in [-0.3, -0.25) is 9.78 Å². The number of ketones is 1. The van der Waals surface area contributed by atoms with Crippen LogP contribution in [0.15, 0.2) is 42.7 Å². The van der Waals surface area contributed by atoms with E-state index in [1.165, 1.54) is 0 Å². The number of hydrogen-bond acceptors (Lipinski definition) is 4. The predicted molar refractivity (Wildman–Crippen MR) is 73.2 cm³/mol. The average molecular weight is 256 g/mol. The standard InChI is InChI=1S/C15H16N2O2/c1-19-14-6-13(9-17-10-14)15(18)7-11-4-2-3-5-12(11)8-16/h2-6,9-10H,7-8,16H2,1H3. The van der Waals surface area contributed by atoms with Gasteiger partial charge < -0.3 is 10.5 Å². The van der Waals surface area contributed by atoms with Crippen molar-refractivity contribution in [1.82, 2.24) is 4.98 Å². The van der Waals surface area contributed by atoms with E-state index in [2.05, 4.69) is 4.98 Å². The molecule has 0 unspecified atom stereocenters. The molecule has 19 heavy (non-hydrogen) atoms. The Kier molecular flexibility index (Phi) is 4.26. The van der Waals surface area contributed by atoms with Gasteiger partial charge >= 0.3 is 0 Å². The Bertz CT molecular complexity index is 582. The maximum Gasteiger partial charge on any atom is 0.168 e. The second kappa shape index (κ2) is 6.11. The van der Waals surface area contributed by atoms with Gasteiger partial charge in [-0.2, -0.15) is 0 Å². The number of aromatic nitrogens is 1. The highest BCUT2D eigenvalue weighted by atomic mass is 16.5. The van der Waals surface area contributed by atoms with Gasteiger partial charge in [0.25, 0.3) is 0 Å². The molecule has 0 saturated carbocycles. The summed E-state index contributed by atoms with van der Waals surface area (Å²) in [4.78, 5) is 16.2. The van der Waals surface area contributed by atoms with Crippen LogP contribution < -0.4 is 10.5 Å². The van der Waals surface area contributed by atoms with Gasteiger partial charge in [-0.25, -0.2) is 0 Å². The number of benzene rings is 1. The van der Waals surface area contributed by atoms with Crippen LogP contribution in [-0.4, -0.2) is 17.9 Å². The van der Waals surface area contributed by atoms with E-state index in [0.717, 1.165) is 11.1 Å². The van der Waals surface area contributed by atoms with Crippen molar-refractivity contribution in [1.29, 1.82) is 0 Å². The molecule has 2 rings (SSSR count). The molecule has 4 nitrogen and oxygen atoms in total. The van der Waals surface area contributed by atoms with E-state index < -0.39 is 0 Å². The lowest BCUT2D eigenvalue weighted by Crippen LogP contribution is -2.08. The van der Waals surface area contributed by atoms with Gasteiger partial charge in [-0.15, -0.1) is 0 Å². The number of Topliss-reactive ketones (excluding diaryl/α,β-unsaturated/α-hetero) is 1. The van der Waals surface area contributed by atoms with E-state index in [1.807, 2.05) is 24.3 Å². The number of methoxy groups -OCH3 is 1. The molecule has 4 heteroatoms. The Labute approximate surface area is 112 Å². The Morgan fingerprint density at radius 3 is 2.68 bits per heavy atom. The summed E-state index contributed by atoms with van der Waals surface area (Å²) in [6.07, 6.45) is 3.45. The minimum Gasteiger partial charge on any atom is -0.495 e. The Morgan fingerprint density at radius 1 is 1.26 bits per heavy atom. The van der Waals surface area contributed by atoms with Crippen LogP contribution in [0.2, 0.25) is 0 Å². The van der Waals surface area contributed by atoms with E-state index in [4.69, 9.17) is 10.5 Å². The van der Waals surface area contributed by atoms with E-state index in [1.54, 1.807) is 25.6 Å². The number of pyridine rings is 1. The first-order valence-corrected chi connectivity index (χ1v) is 6.03. The third-order valence-corrected chi connectivity index (χ3v) is 2.96. The van der Waals surface area contributed by atoms with Gasteiger partial charge in [-0.05, 0) is 17.2 Å². The van der Waals surface area contributed by atoms with Crippen molar-refractivity contribution in [2.75, 3.05) is 7.11 Å². The lowest BCUT2D eigenvalue weighted by atomic mass is 9.99. The molecular weight excluding hydrogens is 240 g/mol. The molecule has 2 aromatic rings. The second-order valence-corrected chi connectivity index (χ2v) is 4.19. The van der Waals surface area contributed by atoms with E-state index in [0.29, 0.717) is 24.3 Å². The summed E-state index contributed by atoms with van der Waals surface area (Å²) in [5.74, 6) is 0.588. The molecule has 2 N–H and O–H groups in total. The summed E-state index contributed by atoms with van der Waals surface area (Å²) < 4.78 is 5.07. The van der Waals surface area contributed by atoms with Crippen LogP contribution in [0.1, 0.15) is 21.5 Å². The first-order chi connectivity index (χ1) is 9.24. The number of hydrogen-bond donors (Lipinski definition) is 1. The third-order valence-electron chi connectivity index (χ3n) is 2.96. The smallest absolute Gasteiger partial charge is 0.168 e. The lowest BCUT2D eigenvalue weighted by Gasteiger charge is -2.07. The zero-order valence-corrected chi connectivity index (χ0v) is 10.8. The lowest BCUT2D eigenvalue weighted by molar-refractivity contribution is 0.0992. The van der Waals surface area contributed by atoms with Crippen LogP contribution in [0.5, 0.6) is 5.75 Å². The molecule has 0 spiro atoms. The highest BCUT2D eigenvalue weighted by molar-refractivity contribution is 5.97.